The molecule has 3 rings (SSSR count). The average molecular weight is 263 g/mol. The molecule has 0 atom stereocenters. The Balaban J connectivity index is 2.16. The second kappa shape index (κ2) is 4.17. The summed E-state index contributed by atoms with van der Waals surface area (Å²) in [6.45, 7) is 0. The Bertz CT molecular complexity index is 680. The number of aromatic nitrogens is 2. The molecule has 0 saturated heterocycles. The molecular formula is C11H9N3OS2. The first kappa shape index (κ1) is 10.8. The summed E-state index contributed by atoms with van der Waals surface area (Å²) in [5.41, 5.74) is 1.13. The van der Waals surface area contributed by atoms with Gasteiger partial charge >= 0.3 is 0 Å². The summed E-state index contributed by atoms with van der Waals surface area (Å²) >= 11 is 2.89. The first-order valence-electron chi connectivity index (χ1n) is 5.34. The smallest absolute Gasteiger partial charge is 0.260 e. The van der Waals surface area contributed by atoms with E-state index in [0.717, 1.165) is 29.5 Å². The number of hydrogen-bond donors (Lipinski definition) is 1. The monoisotopic (exact) mass is 263 g/mol. The largest absolute Gasteiger partial charge is 0.301 e. The third-order valence-corrected chi connectivity index (χ3v) is 4.75. The van der Waals surface area contributed by atoms with Crippen LogP contribution in [0.1, 0.15) is 16.9 Å². The lowest BCUT2D eigenvalue weighted by molar-refractivity contribution is 0.914. The van der Waals surface area contributed by atoms with Crippen LogP contribution in [0.15, 0.2) is 9.95 Å². The van der Waals surface area contributed by atoms with Crippen LogP contribution in [-0.2, 0) is 12.8 Å². The van der Waals surface area contributed by atoms with Gasteiger partial charge < -0.3 is 4.98 Å². The van der Waals surface area contributed by atoms with E-state index < -0.39 is 0 Å². The maximum Gasteiger partial charge on any atom is 0.260 e. The number of nitrogens with one attached hydrogen (secondary N) is 1. The van der Waals surface area contributed by atoms with Crippen LogP contribution in [0.25, 0.3) is 10.2 Å². The second-order valence-electron chi connectivity index (χ2n) is 3.86. The van der Waals surface area contributed by atoms with Crippen molar-refractivity contribution in [2.75, 3.05) is 5.75 Å². The van der Waals surface area contributed by atoms with Gasteiger partial charge in [-0.05, 0) is 24.8 Å². The quantitative estimate of drug-likeness (QED) is 0.665. The highest BCUT2D eigenvalue weighted by Gasteiger charge is 2.20. The number of fused-ring (bicyclic) bond motifs is 3. The van der Waals surface area contributed by atoms with Crippen molar-refractivity contribution >= 4 is 33.3 Å². The summed E-state index contributed by atoms with van der Waals surface area (Å²) < 4.78 is 0. The number of nitriles is 1. The summed E-state index contributed by atoms with van der Waals surface area (Å²) in [4.78, 5) is 21.3. The summed E-state index contributed by atoms with van der Waals surface area (Å²) in [5, 5.41) is 9.83. The molecule has 0 radical (unpaired) electrons. The number of H-pyrrole nitrogens is 1. The van der Waals surface area contributed by atoms with Gasteiger partial charge in [-0.1, -0.05) is 11.8 Å². The van der Waals surface area contributed by atoms with Crippen molar-refractivity contribution < 1.29 is 0 Å². The molecular weight excluding hydrogens is 254 g/mol. The van der Waals surface area contributed by atoms with Crippen LogP contribution in [0, 0.1) is 11.3 Å². The van der Waals surface area contributed by atoms with E-state index in [1.807, 2.05) is 6.07 Å². The van der Waals surface area contributed by atoms with Crippen LogP contribution in [0.3, 0.4) is 0 Å². The molecule has 1 aliphatic rings. The molecule has 4 nitrogen and oxygen atoms in total. The Kier molecular flexibility index (Phi) is 2.65. The molecule has 86 valence electrons. The van der Waals surface area contributed by atoms with Crippen molar-refractivity contribution in [1.82, 2.24) is 9.97 Å². The molecule has 0 fully saturated rings. The maximum absolute atomic E-state index is 12.0. The number of nitrogens with zero attached hydrogens (tertiary/aromatic N) is 2. The molecule has 1 N–H and O–H groups in total. The molecule has 0 bridgehead atoms. The van der Waals surface area contributed by atoms with Crippen molar-refractivity contribution in [1.29, 1.82) is 5.26 Å². The zero-order valence-electron chi connectivity index (χ0n) is 8.95. The zero-order valence-corrected chi connectivity index (χ0v) is 10.6. The van der Waals surface area contributed by atoms with Crippen LogP contribution in [0.4, 0.5) is 0 Å². The van der Waals surface area contributed by atoms with E-state index in [4.69, 9.17) is 5.26 Å². The lowest BCUT2D eigenvalue weighted by Crippen LogP contribution is -2.09. The Morgan fingerprint density at radius 1 is 1.53 bits per heavy atom. The van der Waals surface area contributed by atoms with Crippen molar-refractivity contribution in [2.45, 2.75) is 24.4 Å². The van der Waals surface area contributed by atoms with E-state index in [2.05, 4.69) is 9.97 Å². The van der Waals surface area contributed by atoms with Gasteiger partial charge in [0.15, 0.2) is 5.16 Å². The Morgan fingerprint density at radius 2 is 2.41 bits per heavy atom. The fourth-order valence-corrected chi connectivity index (χ4v) is 3.99. The number of aromatic amines is 1. The zero-order chi connectivity index (χ0) is 11.8. The van der Waals surface area contributed by atoms with Crippen LogP contribution < -0.4 is 5.56 Å². The third-order valence-electron chi connectivity index (χ3n) is 2.83. The first-order chi connectivity index (χ1) is 8.29. The van der Waals surface area contributed by atoms with Crippen molar-refractivity contribution in [3.8, 4) is 6.07 Å². The van der Waals surface area contributed by atoms with Gasteiger partial charge in [0.25, 0.3) is 5.56 Å². The number of thiophene rings is 1. The number of thioether (sulfide) groups is 1. The molecule has 0 spiro atoms. The Morgan fingerprint density at radius 3 is 3.24 bits per heavy atom. The van der Waals surface area contributed by atoms with Crippen LogP contribution >= 0.6 is 23.1 Å². The molecule has 2 aromatic rings. The van der Waals surface area contributed by atoms with E-state index in [0.29, 0.717) is 10.9 Å². The van der Waals surface area contributed by atoms with E-state index in [9.17, 15) is 4.79 Å². The molecule has 0 aromatic carbocycles. The van der Waals surface area contributed by atoms with Gasteiger partial charge in [0.2, 0.25) is 0 Å². The first-order valence-corrected chi connectivity index (χ1v) is 7.14. The van der Waals surface area contributed by atoms with Crippen molar-refractivity contribution in [3.05, 3.63) is 20.8 Å². The molecule has 6 heteroatoms. The molecule has 1 aliphatic carbocycles. The molecule has 0 unspecified atom stereocenters. The fourth-order valence-electron chi connectivity index (χ4n) is 2.15. The number of aryl methyl sites for hydroxylation is 2. The van der Waals surface area contributed by atoms with E-state index in [1.54, 1.807) is 11.3 Å². The van der Waals surface area contributed by atoms with E-state index in [1.165, 1.54) is 22.2 Å². The van der Waals surface area contributed by atoms with Gasteiger partial charge in [-0.15, -0.1) is 11.3 Å². The highest BCUT2D eigenvalue weighted by Crippen LogP contribution is 2.34. The van der Waals surface area contributed by atoms with Crippen molar-refractivity contribution in [2.24, 2.45) is 0 Å². The van der Waals surface area contributed by atoms with Gasteiger partial charge in [0.05, 0.1) is 17.2 Å². The topological polar surface area (TPSA) is 69.5 Å². The highest BCUT2D eigenvalue weighted by atomic mass is 32.2. The fraction of sp³-hybridized carbons (Fsp3) is 0.364. The van der Waals surface area contributed by atoms with Gasteiger partial charge in [0.1, 0.15) is 4.83 Å². The molecule has 0 amide bonds. The second-order valence-corrected chi connectivity index (χ2v) is 5.90. The third kappa shape index (κ3) is 1.75. The maximum atomic E-state index is 12.0. The predicted octanol–water partition coefficient (Wildman–Crippen LogP) is 2.09. The summed E-state index contributed by atoms with van der Waals surface area (Å²) in [6.07, 6.45) is 3.20. The van der Waals surface area contributed by atoms with Crippen molar-refractivity contribution in [3.63, 3.8) is 0 Å². The molecule has 0 aliphatic heterocycles. The predicted molar refractivity (Wildman–Crippen MR) is 68.6 cm³/mol. The summed E-state index contributed by atoms with van der Waals surface area (Å²) in [7, 11) is 0. The van der Waals surface area contributed by atoms with E-state index >= 15 is 0 Å². The summed E-state index contributed by atoms with van der Waals surface area (Å²) in [5.74, 6) is 0.305. The van der Waals surface area contributed by atoms with Gasteiger partial charge in [-0.2, -0.15) is 5.26 Å². The molecule has 0 saturated carbocycles. The normalized spacial score (nSPS) is 13.8. The minimum absolute atomic E-state index is 0.0603. The molecule has 2 aromatic heterocycles. The van der Waals surface area contributed by atoms with Gasteiger partial charge in [0, 0.05) is 4.88 Å². The standard InChI is InChI=1S/C11H9N3OS2/c12-4-5-16-11-13-9(15)8-6-2-1-3-7(6)17-10(8)14-11/h1-3,5H2,(H,13,14,15). The van der Waals surface area contributed by atoms with E-state index in [-0.39, 0.29) is 5.56 Å². The lowest BCUT2D eigenvalue weighted by atomic mass is 10.2. The minimum Gasteiger partial charge on any atom is -0.301 e. The highest BCUT2D eigenvalue weighted by molar-refractivity contribution is 7.99. The number of hydrogen-bond acceptors (Lipinski definition) is 5. The minimum atomic E-state index is -0.0603. The van der Waals surface area contributed by atoms with Crippen LogP contribution in [0.2, 0.25) is 0 Å². The Labute approximate surface area is 106 Å². The average Bonchev–Trinajstić information content (AvgIpc) is 2.85. The molecule has 2 heterocycles. The molecule has 17 heavy (non-hydrogen) atoms. The summed E-state index contributed by atoms with van der Waals surface area (Å²) in [6, 6.07) is 2.03. The lowest BCUT2D eigenvalue weighted by Gasteiger charge is -1.97. The SMILES string of the molecule is N#CCSc1nc2sc3c(c2c(=O)[nH]1)CCC3. The van der Waals surface area contributed by atoms with Gasteiger partial charge in [-0.3, -0.25) is 4.79 Å². The van der Waals surface area contributed by atoms with Crippen LogP contribution in [-0.4, -0.2) is 15.7 Å². The van der Waals surface area contributed by atoms with Gasteiger partial charge in [-0.25, -0.2) is 4.98 Å². The van der Waals surface area contributed by atoms with Crippen LogP contribution in [0.5, 0.6) is 0 Å². The number of rotatable bonds is 2. The Hall–Kier alpha value is -1.32.